The lowest BCUT2D eigenvalue weighted by atomic mass is 9.99. The summed E-state index contributed by atoms with van der Waals surface area (Å²) in [7, 11) is 0. The van der Waals surface area contributed by atoms with Crippen LogP contribution in [0.4, 0.5) is 0 Å². The third-order valence-corrected chi connectivity index (χ3v) is 3.66. The molecular weight excluding hydrogens is 264 g/mol. The van der Waals surface area contributed by atoms with E-state index in [4.69, 9.17) is 9.47 Å². The molecule has 1 atom stereocenters. The molecule has 0 aliphatic carbocycles. The smallest absolute Gasteiger partial charge is 0.206 e. The van der Waals surface area contributed by atoms with E-state index in [1.54, 1.807) is 0 Å². The Morgan fingerprint density at radius 1 is 1.05 bits per heavy atom. The molecule has 0 spiro atoms. The number of carbonyl (C=O) groups is 1. The van der Waals surface area contributed by atoms with Gasteiger partial charge >= 0.3 is 0 Å². The highest BCUT2D eigenvalue weighted by Crippen LogP contribution is 2.31. The lowest BCUT2D eigenvalue weighted by Gasteiger charge is -2.25. The SMILES string of the molecule is CC(C)c1ccc(C(=O)C2COc3ccccc3O2)cc1. The Labute approximate surface area is 124 Å². The first-order valence-electron chi connectivity index (χ1n) is 7.18. The summed E-state index contributed by atoms with van der Waals surface area (Å²) in [5.41, 5.74) is 1.88. The number of ether oxygens (including phenoxy) is 2. The zero-order valence-corrected chi connectivity index (χ0v) is 12.2. The molecule has 0 aromatic heterocycles. The summed E-state index contributed by atoms with van der Waals surface area (Å²) >= 11 is 0. The Hall–Kier alpha value is -2.29. The number of hydrogen-bond acceptors (Lipinski definition) is 3. The summed E-state index contributed by atoms with van der Waals surface area (Å²) in [4.78, 5) is 12.5. The minimum atomic E-state index is -0.579. The van der Waals surface area contributed by atoms with Gasteiger partial charge in [0.05, 0.1) is 0 Å². The van der Waals surface area contributed by atoms with Crippen LogP contribution in [0.15, 0.2) is 48.5 Å². The summed E-state index contributed by atoms with van der Waals surface area (Å²) in [6, 6.07) is 15.1. The Bertz CT molecular complexity index is 644. The van der Waals surface area contributed by atoms with Gasteiger partial charge in [-0.15, -0.1) is 0 Å². The molecule has 3 heteroatoms. The molecule has 1 unspecified atom stereocenters. The molecule has 2 aromatic rings. The first-order chi connectivity index (χ1) is 10.1. The number of ketones is 1. The van der Waals surface area contributed by atoms with Gasteiger partial charge in [0.2, 0.25) is 5.78 Å². The molecule has 0 amide bonds. The van der Waals surface area contributed by atoms with E-state index in [0.29, 0.717) is 23.0 Å². The lowest BCUT2D eigenvalue weighted by Crippen LogP contribution is -2.36. The molecule has 0 saturated carbocycles. The van der Waals surface area contributed by atoms with E-state index in [9.17, 15) is 4.79 Å². The van der Waals surface area contributed by atoms with Crippen LogP contribution >= 0.6 is 0 Å². The largest absolute Gasteiger partial charge is 0.485 e. The van der Waals surface area contributed by atoms with Gasteiger partial charge in [-0.3, -0.25) is 4.79 Å². The molecule has 0 fully saturated rings. The zero-order chi connectivity index (χ0) is 14.8. The molecule has 21 heavy (non-hydrogen) atoms. The van der Waals surface area contributed by atoms with Crippen LogP contribution in [0.5, 0.6) is 11.5 Å². The highest BCUT2D eigenvalue weighted by molar-refractivity contribution is 6.00. The molecule has 1 heterocycles. The predicted octanol–water partition coefficient (Wildman–Crippen LogP) is 3.83. The standard InChI is InChI=1S/C18H18O3/c1-12(2)13-7-9-14(10-8-13)18(19)17-11-20-15-5-3-4-6-16(15)21-17/h3-10,12,17H,11H2,1-2H3. The Morgan fingerprint density at radius 2 is 1.71 bits per heavy atom. The second-order valence-corrected chi connectivity index (χ2v) is 5.51. The first-order valence-corrected chi connectivity index (χ1v) is 7.18. The van der Waals surface area contributed by atoms with Crippen LogP contribution in [0.1, 0.15) is 35.7 Å². The van der Waals surface area contributed by atoms with Gasteiger partial charge in [-0.05, 0) is 23.6 Å². The van der Waals surface area contributed by atoms with Gasteiger partial charge in [-0.2, -0.15) is 0 Å². The van der Waals surface area contributed by atoms with Crippen LogP contribution in [0.2, 0.25) is 0 Å². The third-order valence-electron chi connectivity index (χ3n) is 3.66. The molecule has 1 aliphatic rings. The average Bonchev–Trinajstić information content (AvgIpc) is 2.54. The van der Waals surface area contributed by atoms with Crippen molar-refractivity contribution in [2.45, 2.75) is 25.9 Å². The normalized spacial score (nSPS) is 16.8. The number of carbonyl (C=O) groups excluding carboxylic acids is 1. The van der Waals surface area contributed by atoms with Crippen LogP contribution in [0.3, 0.4) is 0 Å². The van der Waals surface area contributed by atoms with Crippen molar-refractivity contribution in [1.29, 1.82) is 0 Å². The number of hydrogen-bond donors (Lipinski definition) is 0. The van der Waals surface area contributed by atoms with Crippen molar-refractivity contribution >= 4 is 5.78 Å². The quantitative estimate of drug-likeness (QED) is 0.802. The van der Waals surface area contributed by atoms with E-state index >= 15 is 0 Å². The number of fused-ring (bicyclic) bond motifs is 1. The summed E-state index contributed by atoms with van der Waals surface area (Å²) in [6.45, 7) is 4.51. The molecule has 0 saturated heterocycles. The van der Waals surface area contributed by atoms with Gasteiger partial charge in [0.25, 0.3) is 0 Å². The van der Waals surface area contributed by atoms with Gasteiger partial charge in [-0.25, -0.2) is 0 Å². The van der Waals surface area contributed by atoms with Crippen molar-refractivity contribution in [3.63, 3.8) is 0 Å². The third kappa shape index (κ3) is 2.77. The number of Topliss-reactive ketones (excluding diaryl/α,β-unsaturated/α-hetero) is 1. The number of rotatable bonds is 3. The molecule has 0 bridgehead atoms. The van der Waals surface area contributed by atoms with E-state index in [0.717, 1.165) is 0 Å². The number of benzene rings is 2. The van der Waals surface area contributed by atoms with Crippen molar-refractivity contribution in [2.24, 2.45) is 0 Å². The minimum Gasteiger partial charge on any atom is -0.485 e. The van der Waals surface area contributed by atoms with Crippen molar-refractivity contribution in [3.05, 3.63) is 59.7 Å². The fraction of sp³-hybridized carbons (Fsp3) is 0.278. The van der Waals surface area contributed by atoms with Crippen LogP contribution in [0.25, 0.3) is 0 Å². The molecule has 0 N–H and O–H groups in total. The molecule has 2 aromatic carbocycles. The summed E-state index contributed by atoms with van der Waals surface area (Å²) in [6.07, 6.45) is -0.579. The maximum atomic E-state index is 12.5. The molecule has 1 aliphatic heterocycles. The second kappa shape index (κ2) is 5.60. The Balaban J connectivity index is 1.77. The van der Waals surface area contributed by atoms with Gasteiger partial charge < -0.3 is 9.47 Å². The molecular formula is C18H18O3. The van der Waals surface area contributed by atoms with Gasteiger partial charge in [-0.1, -0.05) is 50.2 Å². The number of para-hydroxylation sites is 2. The van der Waals surface area contributed by atoms with E-state index in [-0.39, 0.29) is 12.4 Å². The molecule has 108 valence electrons. The van der Waals surface area contributed by atoms with Gasteiger partial charge in [0, 0.05) is 5.56 Å². The first kappa shape index (κ1) is 13.7. The van der Waals surface area contributed by atoms with E-state index in [1.165, 1.54) is 5.56 Å². The van der Waals surface area contributed by atoms with E-state index < -0.39 is 6.10 Å². The highest BCUT2D eigenvalue weighted by atomic mass is 16.6. The van der Waals surface area contributed by atoms with Crippen LogP contribution < -0.4 is 9.47 Å². The van der Waals surface area contributed by atoms with Crippen LogP contribution in [-0.4, -0.2) is 18.5 Å². The predicted molar refractivity (Wildman–Crippen MR) is 81.2 cm³/mol. The average molecular weight is 282 g/mol. The highest BCUT2D eigenvalue weighted by Gasteiger charge is 2.28. The summed E-state index contributed by atoms with van der Waals surface area (Å²) in [5, 5.41) is 0. The topological polar surface area (TPSA) is 35.5 Å². The summed E-state index contributed by atoms with van der Waals surface area (Å²) in [5.74, 6) is 1.73. The maximum absolute atomic E-state index is 12.5. The van der Waals surface area contributed by atoms with Crippen LogP contribution in [-0.2, 0) is 0 Å². The van der Waals surface area contributed by atoms with Gasteiger partial charge in [0.15, 0.2) is 17.6 Å². The van der Waals surface area contributed by atoms with Crippen molar-refractivity contribution in [1.82, 2.24) is 0 Å². The fourth-order valence-electron chi connectivity index (χ4n) is 2.37. The minimum absolute atomic E-state index is 0.0418. The Morgan fingerprint density at radius 3 is 2.38 bits per heavy atom. The summed E-state index contributed by atoms with van der Waals surface area (Å²) < 4.78 is 11.3. The fourth-order valence-corrected chi connectivity index (χ4v) is 2.37. The van der Waals surface area contributed by atoms with Crippen molar-refractivity contribution in [2.75, 3.05) is 6.61 Å². The molecule has 3 nitrogen and oxygen atoms in total. The van der Waals surface area contributed by atoms with Crippen LogP contribution in [0, 0.1) is 0 Å². The lowest BCUT2D eigenvalue weighted by molar-refractivity contribution is 0.0586. The van der Waals surface area contributed by atoms with E-state index in [2.05, 4.69) is 13.8 Å². The van der Waals surface area contributed by atoms with E-state index in [1.807, 2.05) is 48.5 Å². The second-order valence-electron chi connectivity index (χ2n) is 5.51. The van der Waals surface area contributed by atoms with Crippen molar-refractivity contribution in [3.8, 4) is 11.5 Å². The molecule has 0 radical (unpaired) electrons. The van der Waals surface area contributed by atoms with Gasteiger partial charge in [0.1, 0.15) is 6.61 Å². The maximum Gasteiger partial charge on any atom is 0.206 e. The zero-order valence-electron chi connectivity index (χ0n) is 12.2. The Kier molecular flexibility index (Phi) is 3.65. The van der Waals surface area contributed by atoms with Crippen molar-refractivity contribution < 1.29 is 14.3 Å². The molecule has 3 rings (SSSR count). The monoisotopic (exact) mass is 282 g/mol.